The molecule has 0 aliphatic carbocycles. The second kappa shape index (κ2) is 7.75. The maximum atomic E-state index is 12.3. The number of benzene rings is 1. The van der Waals surface area contributed by atoms with E-state index >= 15 is 0 Å². The standard InChI is InChI=1S/C19H19N3OS/c1-14-7-8-17(24-14)13-21-19(23)22-18(15-5-3-2-4-6-15)16-9-11-20-12-10-16/h2-12,18H,13H2,1H3,(H2,21,22,23). The Hall–Kier alpha value is -2.66. The van der Waals surface area contributed by atoms with Crippen molar-refractivity contribution in [2.45, 2.75) is 19.5 Å². The predicted octanol–water partition coefficient (Wildman–Crippen LogP) is 4.04. The molecule has 0 saturated heterocycles. The second-order valence-electron chi connectivity index (χ2n) is 5.46. The van der Waals surface area contributed by atoms with E-state index in [-0.39, 0.29) is 12.1 Å². The molecule has 3 rings (SSSR count). The molecule has 0 spiro atoms. The van der Waals surface area contributed by atoms with E-state index in [0.717, 1.165) is 16.0 Å². The van der Waals surface area contributed by atoms with E-state index in [9.17, 15) is 4.79 Å². The normalized spacial score (nSPS) is 11.7. The summed E-state index contributed by atoms with van der Waals surface area (Å²) in [5.41, 5.74) is 2.03. The lowest BCUT2D eigenvalue weighted by Crippen LogP contribution is -2.37. The third-order valence-corrected chi connectivity index (χ3v) is 4.67. The molecular formula is C19H19N3OS. The fraction of sp³-hybridized carbons (Fsp3) is 0.158. The highest BCUT2D eigenvalue weighted by atomic mass is 32.1. The Balaban J connectivity index is 1.71. The van der Waals surface area contributed by atoms with E-state index < -0.39 is 0 Å². The molecule has 2 aromatic heterocycles. The Morgan fingerprint density at radius 2 is 1.75 bits per heavy atom. The van der Waals surface area contributed by atoms with Gasteiger partial charge < -0.3 is 10.6 Å². The van der Waals surface area contributed by atoms with Gasteiger partial charge in [0, 0.05) is 22.1 Å². The Morgan fingerprint density at radius 1 is 1.04 bits per heavy atom. The lowest BCUT2D eigenvalue weighted by atomic mass is 10.00. The van der Waals surface area contributed by atoms with Crippen LogP contribution in [0.4, 0.5) is 4.79 Å². The average Bonchev–Trinajstić information content (AvgIpc) is 3.05. The maximum absolute atomic E-state index is 12.3. The first-order chi connectivity index (χ1) is 11.7. The van der Waals surface area contributed by atoms with Crippen LogP contribution in [0.25, 0.3) is 0 Å². The molecular weight excluding hydrogens is 318 g/mol. The van der Waals surface area contributed by atoms with E-state index in [2.05, 4.69) is 28.6 Å². The maximum Gasteiger partial charge on any atom is 0.315 e. The number of nitrogens with zero attached hydrogens (tertiary/aromatic N) is 1. The van der Waals surface area contributed by atoms with Crippen LogP contribution in [0, 0.1) is 6.92 Å². The number of pyridine rings is 1. The number of carbonyl (C=O) groups excluding carboxylic acids is 1. The zero-order chi connectivity index (χ0) is 16.8. The Bertz CT molecular complexity index is 747. The van der Waals surface area contributed by atoms with Crippen molar-refractivity contribution in [1.29, 1.82) is 0 Å². The van der Waals surface area contributed by atoms with Crippen molar-refractivity contribution in [1.82, 2.24) is 15.6 Å². The van der Waals surface area contributed by atoms with Gasteiger partial charge in [-0.25, -0.2) is 4.79 Å². The summed E-state index contributed by atoms with van der Waals surface area (Å²) in [6, 6.07) is 17.5. The summed E-state index contributed by atoms with van der Waals surface area (Å²) in [7, 11) is 0. The number of urea groups is 1. The first-order valence-electron chi connectivity index (χ1n) is 7.77. The monoisotopic (exact) mass is 337 g/mol. The van der Waals surface area contributed by atoms with Crippen LogP contribution in [-0.4, -0.2) is 11.0 Å². The Labute approximate surface area is 145 Å². The molecule has 122 valence electrons. The van der Waals surface area contributed by atoms with Crippen molar-refractivity contribution in [3.05, 3.63) is 87.9 Å². The molecule has 24 heavy (non-hydrogen) atoms. The lowest BCUT2D eigenvalue weighted by molar-refractivity contribution is 0.238. The summed E-state index contributed by atoms with van der Waals surface area (Å²) in [4.78, 5) is 18.8. The Kier molecular flexibility index (Phi) is 5.23. The van der Waals surface area contributed by atoms with Crippen LogP contribution in [0.3, 0.4) is 0 Å². The predicted molar refractivity (Wildman–Crippen MR) is 96.9 cm³/mol. The van der Waals surface area contributed by atoms with Crippen LogP contribution in [0.1, 0.15) is 26.9 Å². The van der Waals surface area contributed by atoms with Crippen LogP contribution >= 0.6 is 11.3 Å². The highest BCUT2D eigenvalue weighted by molar-refractivity contribution is 7.11. The average molecular weight is 337 g/mol. The van der Waals surface area contributed by atoms with Crippen LogP contribution < -0.4 is 10.6 Å². The van der Waals surface area contributed by atoms with Gasteiger partial charge >= 0.3 is 6.03 Å². The van der Waals surface area contributed by atoms with Crippen LogP contribution in [-0.2, 0) is 6.54 Å². The van der Waals surface area contributed by atoms with Crippen LogP contribution in [0.15, 0.2) is 67.0 Å². The molecule has 1 aromatic carbocycles. The van der Waals surface area contributed by atoms with E-state index in [1.807, 2.05) is 48.5 Å². The molecule has 2 amide bonds. The fourth-order valence-electron chi connectivity index (χ4n) is 2.49. The van der Waals surface area contributed by atoms with E-state index in [4.69, 9.17) is 0 Å². The van der Waals surface area contributed by atoms with Crippen molar-refractivity contribution in [2.24, 2.45) is 0 Å². The first kappa shape index (κ1) is 16.2. The van der Waals surface area contributed by atoms with Crippen molar-refractivity contribution in [3.8, 4) is 0 Å². The van der Waals surface area contributed by atoms with E-state index in [1.54, 1.807) is 23.7 Å². The number of nitrogens with one attached hydrogen (secondary N) is 2. The van der Waals surface area contributed by atoms with Gasteiger partial charge in [0.15, 0.2) is 0 Å². The second-order valence-corrected chi connectivity index (χ2v) is 6.84. The van der Waals surface area contributed by atoms with E-state index in [0.29, 0.717) is 6.54 Å². The molecule has 0 saturated carbocycles. The first-order valence-corrected chi connectivity index (χ1v) is 8.58. The van der Waals surface area contributed by atoms with Gasteiger partial charge in [0.1, 0.15) is 0 Å². The topological polar surface area (TPSA) is 54.0 Å². The SMILES string of the molecule is Cc1ccc(CNC(=O)NC(c2ccccc2)c2ccncc2)s1. The summed E-state index contributed by atoms with van der Waals surface area (Å²) >= 11 is 1.69. The van der Waals surface area contributed by atoms with Crippen molar-refractivity contribution < 1.29 is 4.79 Å². The summed E-state index contributed by atoms with van der Waals surface area (Å²) in [5, 5.41) is 5.98. The van der Waals surface area contributed by atoms with Crippen LogP contribution in [0.2, 0.25) is 0 Å². The molecule has 0 aliphatic rings. The number of hydrogen-bond donors (Lipinski definition) is 2. The number of thiophene rings is 1. The number of amides is 2. The van der Waals surface area contributed by atoms with Gasteiger partial charge in [-0.3, -0.25) is 4.98 Å². The largest absolute Gasteiger partial charge is 0.333 e. The minimum Gasteiger partial charge on any atom is -0.333 e. The zero-order valence-corrected chi connectivity index (χ0v) is 14.2. The number of rotatable bonds is 5. The Morgan fingerprint density at radius 3 is 2.42 bits per heavy atom. The van der Waals surface area contributed by atoms with Gasteiger partial charge in [-0.2, -0.15) is 0 Å². The van der Waals surface area contributed by atoms with Gasteiger partial charge in [0.2, 0.25) is 0 Å². The third-order valence-electron chi connectivity index (χ3n) is 3.67. The van der Waals surface area contributed by atoms with Crippen molar-refractivity contribution >= 4 is 17.4 Å². The minimum absolute atomic E-state index is 0.188. The van der Waals surface area contributed by atoms with Crippen molar-refractivity contribution in [3.63, 3.8) is 0 Å². The summed E-state index contributed by atoms with van der Waals surface area (Å²) < 4.78 is 0. The summed E-state index contributed by atoms with van der Waals surface area (Å²) in [5.74, 6) is 0. The molecule has 5 heteroatoms. The highest BCUT2D eigenvalue weighted by Gasteiger charge is 2.16. The molecule has 2 heterocycles. The fourth-order valence-corrected chi connectivity index (χ4v) is 3.32. The molecule has 2 N–H and O–H groups in total. The van der Waals surface area contributed by atoms with Gasteiger partial charge in [0.05, 0.1) is 12.6 Å². The molecule has 1 unspecified atom stereocenters. The lowest BCUT2D eigenvalue weighted by Gasteiger charge is -2.20. The van der Waals surface area contributed by atoms with E-state index in [1.165, 1.54) is 4.88 Å². The molecule has 0 radical (unpaired) electrons. The number of aryl methyl sites for hydroxylation is 1. The van der Waals surface area contributed by atoms with Gasteiger partial charge in [0.25, 0.3) is 0 Å². The third kappa shape index (κ3) is 4.20. The number of aromatic nitrogens is 1. The molecule has 0 aliphatic heterocycles. The summed E-state index contributed by atoms with van der Waals surface area (Å²) in [6.07, 6.45) is 3.47. The highest BCUT2D eigenvalue weighted by Crippen LogP contribution is 2.21. The zero-order valence-electron chi connectivity index (χ0n) is 13.4. The number of carbonyl (C=O) groups is 1. The molecule has 0 fully saturated rings. The van der Waals surface area contributed by atoms with Gasteiger partial charge in [-0.05, 0) is 42.3 Å². The molecule has 0 bridgehead atoms. The molecule has 3 aromatic rings. The van der Waals surface area contributed by atoms with Crippen LogP contribution in [0.5, 0.6) is 0 Å². The van der Waals surface area contributed by atoms with Crippen molar-refractivity contribution in [2.75, 3.05) is 0 Å². The molecule has 1 atom stereocenters. The quantitative estimate of drug-likeness (QED) is 0.738. The molecule has 4 nitrogen and oxygen atoms in total. The minimum atomic E-state index is -0.209. The number of hydrogen-bond acceptors (Lipinski definition) is 3. The smallest absolute Gasteiger partial charge is 0.315 e. The van der Waals surface area contributed by atoms with Gasteiger partial charge in [-0.1, -0.05) is 30.3 Å². The summed E-state index contributed by atoms with van der Waals surface area (Å²) in [6.45, 7) is 2.59. The van der Waals surface area contributed by atoms with Gasteiger partial charge in [-0.15, -0.1) is 11.3 Å².